The first-order chi connectivity index (χ1) is 7.59. The summed E-state index contributed by atoms with van der Waals surface area (Å²) in [6, 6.07) is 6.50. The van der Waals surface area contributed by atoms with Gasteiger partial charge in [0.2, 0.25) is 5.78 Å². The lowest BCUT2D eigenvalue weighted by molar-refractivity contribution is 0.0996. The number of Topliss-reactive ketones (excluding diaryl/α,β-unsaturated/α-hetero) is 1. The maximum absolute atomic E-state index is 11.6. The lowest BCUT2D eigenvalue weighted by Crippen LogP contribution is -2.23. The average molecular weight is 296 g/mol. The zero-order chi connectivity index (χ0) is 13.3. The van der Waals surface area contributed by atoms with E-state index < -0.39 is 9.58 Å². The molecule has 2 nitrogen and oxygen atoms in total. The predicted octanol–water partition coefficient (Wildman–Crippen LogP) is 4.42. The van der Waals surface area contributed by atoms with Gasteiger partial charge in [0.15, 0.2) is 0 Å². The zero-order valence-electron chi connectivity index (χ0n) is 9.76. The molecule has 0 radical (unpaired) electrons. The second-order valence-electron chi connectivity index (χ2n) is 4.57. The van der Waals surface area contributed by atoms with E-state index >= 15 is 0 Å². The Bertz CT molecular complexity index is 399. The number of carbonyl (C=O) groups is 1. The largest absolute Gasteiger partial charge is 0.488 e. The van der Waals surface area contributed by atoms with Gasteiger partial charge in [-0.15, -0.1) is 0 Å². The van der Waals surface area contributed by atoms with Crippen LogP contribution in [0.15, 0.2) is 24.3 Å². The first kappa shape index (κ1) is 14.6. The van der Waals surface area contributed by atoms with E-state index in [4.69, 9.17) is 39.5 Å². The number of hydrogen-bond donors (Lipinski definition) is 0. The van der Waals surface area contributed by atoms with E-state index in [-0.39, 0.29) is 5.60 Å². The van der Waals surface area contributed by atoms with Gasteiger partial charge in [0.1, 0.15) is 11.4 Å². The third kappa shape index (κ3) is 4.74. The first-order valence-corrected chi connectivity index (χ1v) is 6.13. The molecule has 0 aliphatic carbocycles. The molecule has 0 saturated carbocycles. The molecule has 0 saturated heterocycles. The summed E-state index contributed by atoms with van der Waals surface area (Å²) in [6.07, 6.45) is 0. The third-order valence-corrected chi connectivity index (χ3v) is 2.31. The molecule has 1 aromatic rings. The maximum atomic E-state index is 11.6. The number of rotatable bonds is 2. The summed E-state index contributed by atoms with van der Waals surface area (Å²) in [5.41, 5.74) is 0.0482. The third-order valence-electron chi connectivity index (χ3n) is 1.80. The number of halogens is 3. The van der Waals surface area contributed by atoms with Gasteiger partial charge in [-0.25, -0.2) is 0 Å². The van der Waals surface area contributed by atoms with Crippen LogP contribution < -0.4 is 4.74 Å². The SMILES string of the molecule is CC(C)(C)Oc1ccc(C(=O)C(Cl)(Cl)Cl)cc1. The molecule has 0 aliphatic heterocycles. The summed E-state index contributed by atoms with van der Waals surface area (Å²) < 4.78 is 3.69. The van der Waals surface area contributed by atoms with E-state index in [2.05, 4.69) is 0 Å². The minimum absolute atomic E-state index is 0.291. The topological polar surface area (TPSA) is 26.3 Å². The number of hydrogen-bond acceptors (Lipinski definition) is 2. The second kappa shape index (κ2) is 5.05. The van der Waals surface area contributed by atoms with Gasteiger partial charge in [0.05, 0.1) is 0 Å². The lowest BCUT2D eigenvalue weighted by Gasteiger charge is -2.21. The minimum atomic E-state index is -1.92. The van der Waals surface area contributed by atoms with Crippen molar-refractivity contribution in [1.82, 2.24) is 0 Å². The predicted molar refractivity (Wildman–Crippen MR) is 71.4 cm³/mol. The van der Waals surface area contributed by atoms with Crippen molar-refractivity contribution in [3.8, 4) is 5.75 Å². The van der Waals surface area contributed by atoms with Crippen molar-refractivity contribution in [3.63, 3.8) is 0 Å². The Hall–Kier alpha value is -0.440. The van der Waals surface area contributed by atoms with E-state index in [9.17, 15) is 4.79 Å². The molecule has 17 heavy (non-hydrogen) atoms. The zero-order valence-corrected chi connectivity index (χ0v) is 12.0. The van der Waals surface area contributed by atoms with Crippen LogP contribution in [0.5, 0.6) is 5.75 Å². The summed E-state index contributed by atoms with van der Waals surface area (Å²) in [6.45, 7) is 5.81. The van der Waals surface area contributed by atoms with Crippen molar-refractivity contribution in [2.45, 2.75) is 30.2 Å². The number of alkyl halides is 3. The van der Waals surface area contributed by atoms with Gasteiger partial charge in [0.25, 0.3) is 3.79 Å². The van der Waals surface area contributed by atoms with Crippen LogP contribution in [0.25, 0.3) is 0 Å². The van der Waals surface area contributed by atoms with Crippen molar-refractivity contribution < 1.29 is 9.53 Å². The van der Waals surface area contributed by atoms with Gasteiger partial charge < -0.3 is 4.74 Å². The standard InChI is InChI=1S/C12H13Cl3O2/c1-11(2,3)17-9-6-4-8(5-7-9)10(16)12(13,14)15/h4-7H,1-3H3. The number of ketones is 1. The normalized spacial score (nSPS) is 12.4. The second-order valence-corrected chi connectivity index (χ2v) is 6.85. The van der Waals surface area contributed by atoms with Gasteiger partial charge in [-0.2, -0.15) is 0 Å². The highest BCUT2D eigenvalue weighted by Crippen LogP contribution is 2.31. The molecule has 1 aromatic carbocycles. The number of benzene rings is 1. The quantitative estimate of drug-likeness (QED) is 0.596. The monoisotopic (exact) mass is 294 g/mol. The summed E-state index contributed by atoms with van der Waals surface area (Å²) in [7, 11) is 0. The highest BCUT2D eigenvalue weighted by molar-refractivity contribution is 6.77. The van der Waals surface area contributed by atoms with Crippen molar-refractivity contribution >= 4 is 40.6 Å². The highest BCUT2D eigenvalue weighted by Gasteiger charge is 2.31. The molecule has 0 spiro atoms. The molecular formula is C12H13Cl3O2. The molecule has 0 aromatic heterocycles. The molecule has 5 heteroatoms. The van der Waals surface area contributed by atoms with E-state index in [1.807, 2.05) is 20.8 Å². The van der Waals surface area contributed by atoms with E-state index in [0.717, 1.165) is 0 Å². The van der Waals surface area contributed by atoms with Crippen LogP contribution in [0.3, 0.4) is 0 Å². The number of ether oxygens (including phenoxy) is 1. The Balaban J connectivity index is 2.86. The molecule has 1 rings (SSSR count). The van der Waals surface area contributed by atoms with Crippen LogP contribution in [0.1, 0.15) is 31.1 Å². The maximum Gasteiger partial charge on any atom is 0.253 e. The fourth-order valence-electron chi connectivity index (χ4n) is 1.19. The molecule has 0 amide bonds. The van der Waals surface area contributed by atoms with Crippen molar-refractivity contribution in [2.24, 2.45) is 0 Å². The lowest BCUT2D eigenvalue weighted by atomic mass is 10.1. The molecule has 0 heterocycles. The molecule has 0 atom stereocenters. The molecule has 94 valence electrons. The van der Waals surface area contributed by atoms with Crippen LogP contribution in [0, 0.1) is 0 Å². The van der Waals surface area contributed by atoms with E-state index in [1.165, 1.54) is 0 Å². The van der Waals surface area contributed by atoms with Crippen LogP contribution >= 0.6 is 34.8 Å². The Morgan fingerprint density at radius 2 is 1.53 bits per heavy atom. The highest BCUT2D eigenvalue weighted by atomic mass is 35.6. The van der Waals surface area contributed by atoms with Crippen LogP contribution in [-0.4, -0.2) is 15.2 Å². The van der Waals surface area contributed by atoms with Crippen molar-refractivity contribution in [3.05, 3.63) is 29.8 Å². The summed E-state index contributed by atoms with van der Waals surface area (Å²) in [5, 5.41) is 0. The summed E-state index contributed by atoms with van der Waals surface area (Å²) >= 11 is 16.5. The van der Waals surface area contributed by atoms with Crippen molar-refractivity contribution in [1.29, 1.82) is 0 Å². The molecule has 0 fully saturated rings. The summed E-state index contributed by atoms with van der Waals surface area (Å²) in [5.74, 6) is 0.114. The van der Waals surface area contributed by atoms with E-state index in [0.29, 0.717) is 11.3 Å². The van der Waals surface area contributed by atoms with Crippen molar-refractivity contribution in [2.75, 3.05) is 0 Å². The van der Waals surface area contributed by atoms with Gasteiger partial charge in [-0.3, -0.25) is 4.79 Å². The van der Waals surface area contributed by atoms with Crippen LogP contribution in [-0.2, 0) is 0 Å². The Morgan fingerprint density at radius 3 is 1.88 bits per heavy atom. The fraction of sp³-hybridized carbons (Fsp3) is 0.417. The van der Waals surface area contributed by atoms with Gasteiger partial charge in [-0.1, -0.05) is 34.8 Å². The van der Waals surface area contributed by atoms with Gasteiger partial charge in [0, 0.05) is 5.56 Å². The van der Waals surface area contributed by atoms with Crippen LogP contribution in [0.4, 0.5) is 0 Å². The van der Waals surface area contributed by atoms with Crippen LogP contribution in [0.2, 0.25) is 0 Å². The Kier molecular flexibility index (Phi) is 4.34. The average Bonchev–Trinajstić information content (AvgIpc) is 2.14. The Morgan fingerprint density at radius 1 is 1.06 bits per heavy atom. The fourth-order valence-corrected chi connectivity index (χ4v) is 1.52. The number of carbonyl (C=O) groups excluding carboxylic acids is 1. The summed E-state index contributed by atoms with van der Waals surface area (Å²) in [4.78, 5) is 11.6. The van der Waals surface area contributed by atoms with Gasteiger partial charge in [-0.05, 0) is 45.0 Å². The minimum Gasteiger partial charge on any atom is -0.488 e. The van der Waals surface area contributed by atoms with E-state index in [1.54, 1.807) is 24.3 Å². The molecule has 0 N–H and O–H groups in total. The smallest absolute Gasteiger partial charge is 0.253 e. The molecule has 0 aliphatic rings. The Labute approximate surface area is 116 Å². The molecule has 0 bridgehead atoms. The molecular weight excluding hydrogens is 282 g/mol. The van der Waals surface area contributed by atoms with Gasteiger partial charge >= 0.3 is 0 Å². The first-order valence-electron chi connectivity index (χ1n) is 5.00. The molecule has 0 unspecified atom stereocenters.